The molecular formula is C27H25N3O6S2. The number of esters is 2. The highest BCUT2D eigenvalue weighted by atomic mass is 32.2. The lowest BCUT2D eigenvalue weighted by atomic mass is 10.0. The third-order valence-corrected chi connectivity index (χ3v) is 7.98. The third kappa shape index (κ3) is 6.20. The highest BCUT2D eigenvalue weighted by Gasteiger charge is 2.54. The summed E-state index contributed by atoms with van der Waals surface area (Å²) in [4.78, 5) is 52.0. The maximum absolute atomic E-state index is 13.7. The molecule has 38 heavy (non-hydrogen) atoms. The highest BCUT2D eigenvalue weighted by Crippen LogP contribution is 2.41. The fourth-order valence-corrected chi connectivity index (χ4v) is 5.91. The van der Waals surface area contributed by atoms with Crippen molar-refractivity contribution in [2.75, 3.05) is 23.9 Å². The standard InChI is InChI=1S/C27H25N3O6S2/c1-17(31)35-14-20-15-38-26-22(29-21(32)16-37-13-12-28)25(33)30(26)23(20)27(34)36-24(18-8-4-2-5-9-18)19-10-6-3-7-11-19/h2-11,22,24,26H,13-16H2,1H3,(H,29,32)/t22?,26-/m1/s1. The minimum atomic E-state index is -0.813. The van der Waals surface area contributed by atoms with Crippen LogP contribution in [0.3, 0.4) is 0 Å². The lowest BCUT2D eigenvalue weighted by molar-refractivity contribution is -0.154. The van der Waals surface area contributed by atoms with Gasteiger partial charge in [0.15, 0.2) is 6.10 Å². The molecule has 1 unspecified atom stereocenters. The van der Waals surface area contributed by atoms with E-state index in [-0.39, 0.29) is 29.7 Å². The van der Waals surface area contributed by atoms with Gasteiger partial charge in [0.05, 0.1) is 17.6 Å². The van der Waals surface area contributed by atoms with E-state index < -0.39 is 35.4 Å². The quantitative estimate of drug-likeness (QED) is 0.269. The van der Waals surface area contributed by atoms with Crippen LogP contribution in [0.15, 0.2) is 71.9 Å². The van der Waals surface area contributed by atoms with Crippen molar-refractivity contribution >= 4 is 47.3 Å². The van der Waals surface area contributed by atoms with Crippen LogP contribution in [0.2, 0.25) is 0 Å². The smallest absolute Gasteiger partial charge is 0.356 e. The SMILES string of the molecule is CC(=O)OCC1=C(C(=O)OC(c2ccccc2)c2ccccc2)N2C(=O)C(NC(=O)CSCC#N)[C@H]2SC1. The molecule has 0 spiro atoms. The molecule has 2 aromatic carbocycles. The van der Waals surface area contributed by atoms with Crippen LogP contribution in [0.1, 0.15) is 24.2 Å². The zero-order chi connectivity index (χ0) is 27.1. The van der Waals surface area contributed by atoms with Crippen LogP contribution in [-0.4, -0.2) is 63.9 Å². The maximum Gasteiger partial charge on any atom is 0.356 e. The van der Waals surface area contributed by atoms with Gasteiger partial charge in [-0.15, -0.1) is 23.5 Å². The molecule has 2 aromatic rings. The molecule has 0 aromatic heterocycles. The highest BCUT2D eigenvalue weighted by molar-refractivity contribution is 8.00. The first-order valence-corrected chi connectivity index (χ1v) is 14.0. The Labute approximate surface area is 228 Å². The summed E-state index contributed by atoms with van der Waals surface area (Å²) >= 11 is 2.51. The molecule has 1 saturated heterocycles. The number of fused-ring (bicyclic) bond motifs is 1. The molecule has 4 rings (SSSR count). The van der Waals surface area contributed by atoms with E-state index >= 15 is 0 Å². The van der Waals surface area contributed by atoms with Crippen molar-refractivity contribution in [3.63, 3.8) is 0 Å². The Balaban J connectivity index is 1.59. The lowest BCUT2D eigenvalue weighted by Gasteiger charge is -2.49. The van der Waals surface area contributed by atoms with Gasteiger partial charge in [-0.2, -0.15) is 5.26 Å². The normalized spacial score (nSPS) is 18.2. The van der Waals surface area contributed by atoms with E-state index in [4.69, 9.17) is 14.7 Å². The average molecular weight is 552 g/mol. The van der Waals surface area contributed by atoms with Crippen molar-refractivity contribution in [2.45, 2.75) is 24.4 Å². The van der Waals surface area contributed by atoms with Crippen molar-refractivity contribution < 1.29 is 28.7 Å². The minimum Gasteiger partial charge on any atom is -0.461 e. The number of benzene rings is 2. The molecule has 1 N–H and O–H groups in total. The lowest BCUT2D eigenvalue weighted by Crippen LogP contribution is -2.70. The molecule has 2 atom stereocenters. The molecule has 0 saturated carbocycles. The second-order valence-corrected chi connectivity index (χ2v) is 10.5. The summed E-state index contributed by atoms with van der Waals surface area (Å²) < 4.78 is 11.2. The summed E-state index contributed by atoms with van der Waals surface area (Å²) in [5.41, 5.74) is 1.99. The summed E-state index contributed by atoms with van der Waals surface area (Å²) in [5, 5.41) is 10.8. The number of rotatable bonds is 10. The largest absolute Gasteiger partial charge is 0.461 e. The van der Waals surface area contributed by atoms with Crippen LogP contribution in [0.25, 0.3) is 0 Å². The van der Waals surface area contributed by atoms with Crippen molar-refractivity contribution in [3.8, 4) is 6.07 Å². The number of carbonyl (C=O) groups is 4. The molecule has 0 aliphatic carbocycles. The van der Waals surface area contributed by atoms with Crippen molar-refractivity contribution in [3.05, 3.63) is 83.1 Å². The Bertz CT molecular complexity index is 1240. The molecule has 2 heterocycles. The summed E-state index contributed by atoms with van der Waals surface area (Å²) in [6, 6.07) is 19.7. The second kappa shape index (κ2) is 12.7. The van der Waals surface area contributed by atoms with E-state index in [9.17, 15) is 19.2 Å². The number of nitrogens with one attached hydrogen (secondary N) is 1. The van der Waals surface area contributed by atoms with Crippen LogP contribution >= 0.6 is 23.5 Å². The first-order valence-electron chi connectivity index (χ1n) is 11.8. The van der Waals surface area contributed by atoms with Gasteiger partial charge in [-0.05, 0) is 11.1 Å². The Kier molecular flexibility index (Phi) is 9.10. The second-order valence-electron chi connectivity index (χ2n) is 8.45. The summed E-state index contributed by atoms with van der Waals surface area (Å²) in [6.45, 7) is 1.11. The molecule has 2 aliphatic heterocycles. The van der Waals surface area contributed by atoms with E-state index in [1.54, 1.807) is 0 Å². The number of β-lactam (4-membered cyclic amide) rings is 1. The fourth-order valence-electron chi connectivity index (χ4n) is 4.12. The molecular weight excluding hydrogens is 526 g/mol. The Morgan fingerprint density at radius 2 is 1.76 bits per heavy atom. The number of carbonyl (C=O) groups excluding carboxylic acids is 4. The molecule has 11 heteroatoms. The maximum atomic E-state index is 13.7. The molecule has 1 fully saturated rings. The van der Waals surface area contributed by atoms with Crippen molar-refractivity contribution in [1.82, 2.24) is 10.2 Å². The summed E-state index contributed by atoms with van der Waals surface area (Å²) in [6.07, 6.45) is -0.732. The van der Waals surface area contributed by atoms with E-state index in [2.05, 4.69) is 5.32 Å². The van der Waals surface area contributed by atoms with Gasteiger partial charge in [-0.1, -0.05) is 60.7 Å². The van der Waals surface area contributed by atoms with Crippen LogP contribution in [0.5, 0.6) is 0 Å². The third-order valence-electron chi connectivity index (χ3n) is 5.84. The summed E-state index contributed by atoms with van der Waals surface area (Å²) in [7, 11) is 0. The minimum absolute atomic E-state index is 0.0289. The summed E-state index contributed by atoms with van der Waals surface area (Å²) in [5.74, 6) is -1.54. The monoisotopic (exact) mass is 551 g/mol. The van der Waals surface area contributed by atoms with E-state index in [1.807, 2.05) is 66.7 Å². The number of nitrogens with zero attached hydrogens (tertiary/aromatic N) is 2. The molecule has 2 amide bonds. The van der Waals surface area contributed by atoms with E-state index in [1.165, 1.54) is 23.6 Å². The number of ether oxygens (including phenoxy) is 2. The van der Waals surface area contributed by atoms with Crippen molar-refractivity contribution in [2.24, 2.45) is 0 Å². The van der Waals surface area contributed by atoms with Gasteiger partial charge in [0, 0.05) is 18.2 Å². The van der Waals surface area contributed by atoms with E-state index in [0.717, 1.165) is 22.9 Å². The number of thioether (sulfide) groups is 2. The zero-order valence-electron chi connectivity index (χ0n) is 20.5. The average Bonchev–Trinajstić information content (AvgIpc) is 2.93. The predicted molar refractivity (Wildman–Crippen MR) is 142 cm³/mol. The number of hydrogen-bond acceptors (Lipinski definition) is 9. The van der Waals surface area contributed by atoms with Gasteiger partial charge >= 0.3 is 11.9 Å². The number of amides is 2. The Morgan fingerprint density at radius 1 is 1.13 bits per heavy atom. The van der Waals surface area contributed by atoms with Gasteiger partial charge in [0.2, 0.25) is 5.91 Å². The van der Waals surface area contributed by atoms with Gasteiger partial charge in [-0.25, -0.2) is 4.79 Å². The van der Waals surface area contributed by atoms with Crippen LogP contribution in [-0.2, 0) is 28.7 Å². The van der Waals surface area contributed by atoms with E-state index in [0.29, 0.717) is 11.3 Å². The first-order chi connectivity index (χ1) is 18.4. The molecule has 2 aliphatic rings. The Morgan fingerprint density at radius 3 is 2.34 bits per heavy atom. The van der Waals surface area contributed by atoms with Gasteiger partial charge in [-0.3, -0.25) is 19.3 Å². The van der Waals surface area contributed by atoms with Crippen LogP contribution < -0.4 is 5.32 Å². The van der Waals surface area contributed by atoms with Crippen LogP contribution in [0.4, 0.5) is 0 Å². The molecule has 0 radical (unpaired) electrons. The first kappa shape index (κ1) is 27.3. The van der Waals surface area contributed by atoms with Gasteiger partial charge in [0.1, 0.15) is 23.7 Å². The molecule has 9 nitrogen and oxygen atoms in total. The van der Waals surface area contributed by atoms with Crippen LogP contribution in [0, 0.1) is 11.3 Å². The topological polar surface area (TPSA) is 126 Å². The van der Waals surface area contributed by atoms with Crippen molar-refractivity contribution in [1.29, 1.82) is 5.26 Å². The Hall–Kier alpha value is -3.75. The predicted octanol–water partition coefficient (Wildman–Crippen LogP) is 2.79. The van der Waals surface area contributed by atoms with Gasteiger partial charge in [0.25, 0.3) is 5.91 Å². The number of nitriles is 1. The van der Waals surface area contributed by atoms with Gasteiger partial charge < -0.3 is 14.8 Å². The molecule has 0 bridgehead atoms. The number of hydrogen-bond donors (Lipinski definition) is 1. The zero-order valence-corrected chi connectivity index (χ0v) is 22.1. The molecule has 196 valence electrons. The fraction of sp³-hybridized carbons (Fsp3) is 0.296.